The van der Waals surface area contributed by atoms with Crippen molar-refractivity contribution in [3.8, 4) is 0 Å². The number of amides is 3. The quantitative estimate of drug-likeness (QED) is 0.582. The average molecular weight is 330 g/mol. The fourth-order valence-corrected chi connectivity index (χ4v) is 2.65. The van der Waals surface area contributed by atoms with E-state index < -0.39 is 17.9 Å². The second kappa shape index (κ2) is 6.90. The molecule has 1 fully saturated rings. The lowest BCUT2D eigenvalue weighted by Crippen LogP contribution is -2.52. The monoisotopic (exact) mass is 330 g/mol. The summed E-state index contributed by atoms with van der Waals surface area (Å²) in [6.07, 6.45) is 1.23. The molecule has 1 aliphatic heterocycles. The van der Waals surface area contributed by atoms with Crippen LogP contribution in [0.25, 0.3) is 0 Å². The standard InChI is InChI=1S/C17H22N4O3/c1-17(2,3)9-10-4-5-12(21-18)11(8-10)15(23)19-13-6-7-14(22)20-16(13)24/h4-5,8,13,18H,6-7,9H2,1-3H3,(H,19,23)(H,20,22,24). The van der Waals surface area contributed by atoms with Gasteiger partial charge in [0.05, 0.1) is 11.3 Å². The number of hydrogen-bond acceptors (Lipinski definition) is 5. The fraction of sp³-hybridized carbons (Fsp3) is 0.471. The zero-order chi connectivity index (χ0) is 17.9. The van der Waals surface area contributed by atoms with Gasteiger partial charge in [-0.2, -0.15) is 5.11 Å². The Morgan fingerprint density at radius 1 is 1.38 bits per heavy atom. The molecule has 3 amide bonds. The molecule has 0 radical (unpaired) electrons. The summed E-state index contributed by atoms with van der Waals surface area (Å²) in [5, 5.41) is 8.22. The molecule has 24 heavy (non-hydrogen) atoms. The van der Waals surface area contributed by atoms with Gasteiger partial charge in [0.15, 0.2) is 0 Å². The molecule has 1 aliphatic rings. The predicted molar refractivity (Wildman–Crippen MR) is 88.0 cm³/mol. The zero-order valence-electron chi connectivity index (χ0n) is 14.1. The lowest BCUT2D eigenvalue weighted by molar-refractivity contribution is -0.134. The van der Waals surface area contributed by atoms with Crippen molar-refractivity contribution >= 4 is 23.4 Å². The van der Waals surface area contributed by atoms with Gasteiger partial charge in [-0.1, -0.05) is 26.8 Å². The van der Waals surface area contributed by atoms with Gasteiger partial charge in [0.25, 0.3) is 5.91 Å². The Morgan fingerprint density at radius 2 is 2.08 bits per heavy atom. The molecule has 7 nitrogen and oxygen atoms in total. The Bertz CT molecular complexity index is 692. The highest BCUT2D eigenvalue weighted by Crippen LogP contribution is 2.26. The number of carbonyl (C=O) groups excluding carboxylic acids is 3. The first kappa shape index (κ1) is 17.8. The summed E-state index contributed by atoms with van der Waals surface area (Å²) in [6.45, 7) is 6.29. The normalized spacial score (nSPS) is 18.0. The molecule has 1 heterocycles. The van der Waals surface area contributed by atoms with E-state index in [1.807, 2.05) is 6.07 Å². The summed E-state index contributed by atoms with van der Waals surface area (Å²) in [6, 6.07) is 4.44. The summed E-state index contributed by atoms with van der Waals surface area (Å²) in [5.41, 5.74) is 8.76. The highest BCUT2D eigenvalue weighted by atomic mass is 16.2. The van der Waals surface area contributed by atoms with Crippen molar-refractivity contribution in [2.45, 2.75) is 46.1 Å². The van der Waals surface area contributed by atoms with Crippen LogP contribution < -0.4 is 10.6 Å². The number of hydrogen-bond donors (Lipinski definition) is 3. The van der Waals surface area contributed by atoms with Crippen molar-refractivity contribution in [3.05, 3.63) is 29.3 Å². The molecule has 1 atom stereocenters. The molecule has 0 spiro atoms. The highest BCUT2D eigenvalue weighted by molar-refractivity contribution is 6.05. The number of piperidine rings is 1. The predicted octanol–water partition coefficient (Wildman–Crippen LogP) is 2.47. The maximum atomic E-state index is 12.5. The van der Waals surface area contributed by atoms with Gasteiger partial charge in [-0.3, -0.25) is 19.7 Å². The smallest absolute Gasteiger partial charge is 0.254 e. The molecule has 7 heteroatoms. The highest BCUT2D eigenvalue weighted by Gasteiger charge is 2.28. The van der Waals surface area contributed by atoms with Gasteiger partial charge < -0.3 is 5.32 Å². The molecule has 0 aromatic heterocycles. The lowest BCUT2D eigenvalue weighted by Gasteiger charge is -2.22. The van der Waals surface area contributed by atoms with Crippen LogP contribution >= 0.6 is 0 Å². The molecule has 0 aliphatic carbocycles. The average Bonchev–Trinajstić information content (AvgIpc) is 2.48. The molecule has 3 N–H and O–H groups in total. The van der Waals surface area contributed by atoms with E-state index in [4.69, 9.17) is 5.53 Å². The lowest BCUT2D eigenvalue weighted by atomic mass is 9.87. The second-order valence-corrected chi connectivity index (χ2v) is 7.18. The van der Waals surface area contributed by atoms with Gasteiger partial charge in [0.2, 0.25) is 11.8 Å². The van der Waals surface area contributed by atoms with Crippen LogP contribution in [0.1, 0.15) is 49.5 Å². The van der Waals surface area contributed by atoms with Gasteiger partial charge in [-0.05, 0) is 36.0 Å². The largest absolute Gasteiger partial charge is 0.340 e. The van der Waals surface area contributed by atoms with E-state index >= 15 is 0 Å². The van der Waals surface area contributed by atoms with E-state index in [1.165, 1.54) is 0 Å². The van der Waals surface area contributed by atoms with Gasteiger partial charge in [-0.15, -0.1) is 0 Å². The number of imide groups is 1. The zero-order valence-corrected chi connectivity index (χ0v) is 14.1. The first-order chi connectivity index (χ1) is 11.2. The minimum absolute atomic E-state index is 0.0526. The Kier molecular flexibility index (Phi) is 5.11. The number of benzene rings is 1. The van der Waals surface area contributed by atoms with E-state index in [0.29, 0.717) is 0 Å². The van der Waals surface area contributed by atoms with Crippen molar-refractivity contribution in [3.63, 3.8) is 0 Å². The summed E-state index contributed by atoms with van der Waals surface area (Å²) in [5.74, 6) is -1.31. The Morgan fingerprint density at radius 3 is 2.67 bits per heavy atom. The Balaban J connectivity index is 2.20. The third-order valence-electron chi connectivity index (χ3n) is 3.71. The number of nitrogens with one attached hydrogen (secondary N) is 3. The molecular formula is C17H22N4O3. The first-order valence-corrected chi connectivity index (χ1v) is 7.84. The van der Waals surface area contributed by atoms with Crippen molar-refractivity contribution < 1.29 is 14.4 Å². The van der Waals surface area contributed by atoms with Crippen LogP contribution in [0.5, 0.6) is 0 Å². The van der Waals surface area contributed by atoms with Crippen LogP contribution in [0.4, 0.5) is 5.69 Å². The van der Waals surface area contributed by atoms with E-state index in [9.17, 15) is 14.4 Å². The van der Waals surface area contributed by atoms with Crippen LogP contribution in [0, 0.1) is 10.9 Å². The minimum Gasteiger partial charge on any atom is -0.340 e. The molecule has 0 saturated carbocycles. The number of rotatable bonds is 4. The van der Waals surface area contributed by atoms with Crippen molar-refractivity contribution in [2.24, 2.45) is 10.5 Å². The van der Waals surface area contributed by atoms with E-state index in [1.54, 1.807) is 12.1 Å². The van der Waals surface area contributed by atoms with Crippen LogP contribution in [0.15, 0.2) is 23.3 Å². The summed E-state index contributed by atoms with van der Waals surface area (Å²) < 4.78 is 0. The Labute approximate surface area is 140 Å². The number of carbonyl (C=O) groups is 3. The van der Waals surface area contributed by atoms with Gasteiger partial charge in [-0.25, -0.2) is 5.53 Å². The second-order valence-electron chi connectivity index (χ2n) is 7.18. The molecule has 1 saturated heterocycles. The maximum absolute atomic E-state index is 12.5. The molecule has 128 valence electrons. The summed E-state index contributed by atoms with van der Waals surface area (Å²) in [7, 11) is 0. The molecule has 1 aromatic rings. The summed E-state index contributed by atoms with van der Waals surface area (Å²) >= 11 is 0. The summed E-state index contributed by atoms with van der Waals surface area (Å²) in [4.78, 5) is 35.5. The molecule has 0 bridgehead atoms. The van der Waals surface area contributed by atoms with Crippen molar-refractivity contribution in [1.82, 2.24) is 10.6 Å². The van der Waals surface area contributed by atoms with Crippen LogP contribution in [-0.4, -0.2) is 23.8 Å². The van der Waals surface area contributed by atoms with E-state index in [0.717, 1.165) is 12.0 Å². The van der Waals surface area contributed by atoms with E-state index in [-0.39, 0.29) is 35.4 Å². The van der Waals surface area contributed by atoms with Crippen molar-refractivity contribution in [1.29, 1.82) is 5.53 Å². The fourth-order valence-electron chi connectivity index (χ4n) is 2.65. The molecular weight excluding hydrogens is 308 g/mol. The van der Waals surface area contributed by atoms with E-state index in [2.05, 4.69) is 36.5 Å². The van der Waals surface area contributed by atoms with Crippen LogP contribution in [-0.2, 0) is 16.0 Å². The first-order valence-electron chi connectivity index (χ1n) is 7.84. The van der Waals surface area contributed by atoms with Crippen LogP contribution in [0.2, 0.25) is 0 Å². The third-order valence-corrected chi connectivity index (χ3v) is 3.71. The molecule has 1 aromatic carbocycles. The van der Waals surface area contributed by atoms with Crippen LogP contribution in [0.3, 0.4) is 0 Å². The minimum atomic E-state index is -0.750. The topological polar surface area (TPSA) is 111 Å². The maximum Gasteiger partial charge on any atom is 0.254 e. The Hall–Kier alpha value is -2.57. The van der Waals surface area contributed by atoms with Crippen molar-refractivity contribution in [2.75, 3.05) is 0 Å². The van der Waals surface area contributed by atoms with Gasteiger partial charge >= 0.3 is 0 Å². The SMILES string of the molecule is CC(C)(C)Cc1ccc(N=N)c(C(=O)NC2CCC(=O)NC2=O)c1. The molecule has 1 unspecified atom stereocenters. The molecule has 2 rings (SSSR count). The third kappa shape index (κ3) is 4.47. The van der Waals surface area contributed by atoms with Gasteiger partial charge in [0, 0.05) is 6.42 Å². The number of nitrogens with zero attached hydrogens (tertiary/aromatic N) is 1. The van der Waals surface area contributed by atoms with Gasteiger partial charge in [0.1, 0.15) is 6.04 Å².